The topological polar surface area (TPSA) is 75.6 Å². The summed E-state index contributed by atoms with van der Waals surface area (Å²) in [4.78, 5) is 22.9. The highest BCUT2D eigenvalue weighted by molar-refractivity contribution is 5.84. The number of aliphatic carboxylic acids is 1. The first kappa shape index (κ1) is 14.7. The molecule has 0 aromatic heterocycles. The van der Waals surface area contributed by atoms with E-state index in [1.165, 1.54) is 0 Å². The lowest BCUT2D eigenvalue weighted by Gasteiger charge is -2.35. The van der Waals surface area contributed by atoms with E-state index < -0.39 is 29.4 Å². The van der Waals surface area contributed by atoms with Gasteiger partial charge in [-0.15, -0.1) is 0 Å². The van der Waals surface area contributed by atoms with E-state index in [-0.39, 0.29) is 25.7 Å². The molecule has 0 aliphatic heterocycles. The van der Waals surface area contributed by atoms with Crippen LogP contribution in [0, 0.1) is 0 Å². The van der Waals surface area contributed by atoms with Gasteiger partial charge in [0.05, 0.1) is 0 Å². The molecule has 0 radical (unpaired) electrons. The van der Waals surface area contributed by atoms with Crippen LogP contribution in [0.15, 0.2) is 0 Å². The minimum Gasteiger partial charge on any atom is -0.480 e. The summed E-state index contributed by atoms with van der Waals surface area (Å²) in [7, 11) is 0. The molecule has 0 bridgehead atoms. The Labute approximate surface area is 106 Å². The lowest BCUT2D eigenvalue weighted by molar-refractivity contribution is -0.146. The number of hydrogen-bond acceptors (Lipinski definition) is 3. The molecule has 1 aliphatic rings. The second-order valence-electron chi connectivity index (χ2n) is 5.69. The Balaban J connectivity index is 2.70. The second kappa shape index (κ2) is 5.12. The third kappa shape index (κ3) is 3.85. The van der Waals surface area contributed by atoms with Gasteiger partial charge in [0, 0.05) is 0 Å². The van der Waals surface area contributed by atoms with Crippen LogP contribution in [0.3, 0.4) is 0 Å². The number of carboxylic acid groups (broad SMARTS) is 1. The third-order valence-electron chi connectivity index (χ3n) is 2.92. The zero-order valence-corrected chi connectivity index (χ0v) is 11.0. The van der Waals surface area contributed by atoms with Gasteiger partial charge in [-0.3, -0.25) is 0 Å². The van der Waals surface area contributed by atoms with E-state index in [1.807, 2.05) is 0 Å². The number of alkyl halides is 1. The number of ether oxygens (including phenoxy) is 1. The molecule has 0 spiro atoms. The number of carbonyl (C=O) groups excluding carboxylic acids is 1. The van der Waals surface area contributed by atoms with Gasteiger partial charge in [0.25, 0.3) is 0 Å². The van der Waals surface area contributed by atoms with Crippen molar-refractivity contribution in [3.8, 4) is 0 Å². The van der Waals surface area contributed by atoms with Crippen molar-refractivity contribution in [2.24, 2.45) is 0 Å². The van der Waals surface area contributed by atoms with Crippen LogP contribution in [0.2, 0.25) is 0 Å². The standard InChI is InChI=1S/C12H20FNO4/c1-11(2,3)18-10(17)14-12(9(15)16)6-4-8(13)5-7-12/h8H,4-7H2,1-3H3,(H,14,17)(H,15,16). The molecule has 1 fully saturated rings. The van der Waals surface area contributed by atoms with Gasteiger partial charge >= 0.3 is 12.1 Å². The molecule has 0 heterocycles. The van der Waals surface area contributed by atoms with Crippen LogP contribution in [0.5, 0.6) is 0 Å². The van der Waals surface area contributed by atoms with Crippen LogP contribution < -0.4 is 5.32 Å². The Bertz CT molecular complexity index is 329. The second-order valence-corrected chi connectivity index (χ2v) is 5.69. The maximum absolute atomic E-state index is 13.1. The van der Waals surface area contributed by atoms with Gasteiger partial charge in [-0.2, -0.15) is 0 Å². The quantitative estimate of drug-likeness (QED) is 0.799. The molecular formula is C12H20FNO4. The van der Waals surface area contributed by atoms with Gasteiger partial charge in [-0.1, -0.05) is 0 Å². The average Bonchev–Trinajstić information content (AvgIpc) is 2.18. The monoisotopic (exact) mass is 261 g/mol. The largest absolute Gasteiger partial charge is 0.480 e. The van der Waals surface area contributed by atoms with Crippen LogP contribution in [0.4, 0.5) is 9.18 Å². The van der Waals surface area contributed by atoms with Crippen LogP contribution >= 0.6 is 0 Å². The lowest BCUT2D eigenvalue weighted by Crippen LogP contribution is -2.57. The molecule has 1 saturated carbocycles. The minimum atomic E-state index is -1.40. The normalized spacial score (nSPS) is 28.6. The third-order valence-corrected chi connectivity index (χ3v) is 2.92. The molecule has 104 valence electrons. The zero-order valence-electron chi connectivity index (χ0n) is 11.0. The molecule has 0 unspecified atom stereocenters. The number of amides is 1. The highest BCUT2D eigenvalue weighted by Crippen LogP contribution is 2.30. The number of carbonyl (C=O) groups is 2. The fourth-order valence-electron chi connectivity index (χ4n) is 1.97. The van der Waals surface area contributed by atoms with E-state index in [9.17, 15) is 19.1 Å². The Morgan fingerprint density at radius 2 is 1.83 bits per heavy atom. The minimum absolute atomic E-state index is 0.0861. The SMILES string of the molecule is CC(C)(C)OC(=O)NC1(C(=O)O)CCC(F)CC1. The molecule has 2 N–H and O–H groups in total. The van der Waals surface area contributed by atoms with E-state index in [0.717, 1.165) is 0 Å². The van der Waals surface area contributed by atoms with E-state index >= 15 is 0 Å². The van der Waals surface area contributed by atoms with Gasteiger partial charge in [0.2, 0.25) is 0 Å². The van der Waals surface area contributed by atoms with E-state index in [1.54, 1.807) is 20.8 Å². The van der Waals surface area contributed by atoms with Crippen molar-refractivity contribution < 1.29 is 23.8 Å². The summed E-state index contributed by atoms with van der Waals surface area (Å²) in [6, 6.07) is 0. The van der Waals surface area contributed by atoms with Crippen molar-refractivity contribution in [2.45, 2.75) is 63.8 Å². The summed E-state index contributed by atoms with van der Waals surface area (Å²) in [5.74, 6) is -1.14. The summed E-state index contributed by atoms with van der Waals surface area (Å²) in [6.45, 7) is 5.08. The smallest absolute Gasteiger partial charge is 0.408 e. The number of alkyl carbamates (subject to hydrolysis) is 1. The van der Waals surface area contributed by atoms with Crippen molar-refractivity contribution in [3.05, 3.63) is 0 Å². The summed E-state index contributed by atoms with van der Waals surface area (Å²) in [6.07, 6.45) is -1.31. The lowest BCUT2D eigenvalue weighted by atomic mass is 9.81. The molecule has 18 heavy (non-hydrogen) atoms. The Morgan fingerprint density at radius 3 is 2.22 bits per heavy atom. The molecule has 0 aromatic carbocycles. The molecule has 5 nitrogen and oxygen atoms in total. The fourth-order valence-corrected chi connectivity index (χ4v) is 1.97. The first-order chi connectivity index (χ1) is 8.15. The molecular weight excluding hydrogens is 241 g/mol. The first-order valence-corrected chi connectivity index (χ1v) is 6.03. The van der Waals surface area contributed by atoms with Crippen LogP contribution in [-0.2, 0) is 9.53 Å². The number of hydrogen-bond donors (Lipinski definition) is 2. The van der Waals surface area contributed by atoms with Crippen LogP contribution in [0.25, 0.3) is 0 Å². The first-order valence-electron chi connectivity index (χ1n) is 6.03. The van der Waals surface area contributed by atoms with Crippen molar-refractivity contribution in [1.29, 1.82) is 0 Å². The summed E-state index contributed by atoms with van der Waals surface area (Å²) >= 11 is 0. The van der Waals surface area contributed by atoms with E-state index in [0.29, 0.717) is 0 Å². The van der Waals surface area contributed by atoms with Crippen LogP contribution in [0.1, 0.15) is 46.5 Å². The van der Waals surface area contributed by atoms with E-state index in [2.05, 4.69) is 5.32 Å². The highest BCUT2D eigenvalue weighted by atomic mass is 19.1. The average molecular weight is 261 g/mol. The summed E-state index contributed by atoms with van der Waals surface area (Å²) in [5, 5.41) is 11.6. The fraction of sp³-hybridized carbons (Fsp3) is 0.833. The molecule has 1 aliphatic carbocycles. The van der Waals surface area contributed by atoms with Crippen molar-refractivity contribution >= 4 is 12.1 Å². The van der Waals surface area contributed by atoms with Gasteiger partial charge in [-0.05, 0) is 46.5 Å². The molecule has 0 aromatic rings. The van der Waals surface area contributed by atoms with Gasteiger partial charge in [-0.25, -0.2) is 14.0 Å². The molecule has 0 saturated heterocycles. The summed E-state index contributed by atoms with van der Waals surface area (Å²) in [5.41, 5.74) is -2.09. The summed E-state index contributed by atoms with van der Waals surface area (Å²) < 4.78 is 18.1. The van der Waals surface area contributed by atoms with E-state index in [4.69, 9.17) is 4.74 Å². The zero-order chi connectivity index (χ0) is 14.0. The number of halogens is 1. The maximum atomic E-state index is 13.1. The predicted molar refractivity (Wildman–Crippen MR) is 63.1 cm³/mol. The maximum Gasteiger partial charge on any atom is 0.408 e. The van der Waals surface area contributed by atoms with Gasteiger partial charge in [0.15, 0.2) is 0 Å². The molecule has 1 rings (SSSR count). The highest BCUT2D eigenvalue weighted by Gasteiger charge is 2.44. The van der Waals surface area contributed by atoms with Crippen molar-refractivity contribution in [1.82, 2.24) is 5.32 Å². The van der Waals surface area contributed by atoms with Gasteiger partial charge in [0.1, 0.15) is 17.3 Å². The number of rotatable bonds is 2. The molecule has 1 amide bonds. The Kier molecular flexibility index (Phi) is 4.19. The number of carboxylic acids is 1. The molecule has 6 heteroatoms. The van der Waals surface area contributed by atoms with Crippen LogP contribution in [-0.4, -0.2) is 34.5 Å². The van der Waals surface area contributed by atoms with Crippen molar-refractivity contribution in [3.63, 3.8) is 0 Å². The van der Waals surface area contributed by atoms with Gasteiger partial charge < -0.3 is 15.2 Å². The molecule has 0 atom stereocenters. The Morgan fingerprint density at radius 1 is 1.33 bits per heavy atom. The predicted octanol–water partition coefficient (Wildman–Crippen LogP) is 2.25. The Hall–Kier alpha value is -1.33. The van der Waals surface area contributed by atoms with Crippen molar-refractivity contribution in [2.75, 3.05) is 0 Å². The number of nitrogens with one attached hydrogen (secondary N) is 1.